The van der Waals surface area contributed by atoms with Crippen LogP contribution in [0.15, 0.2) is 18.2 Å². The summed E-state index contributed by atoms with van der Waals surface area (Å²) in [5, 5.41) is 4.71. The van der Waals surface area contributed by atoms with E-state index >= 15 is 0 Å². The van der Waals surface area contributed by atoms with E-state index in [9.17, 15) is 28.0 Å². The molecule has 1 aromatic rings. The number of hydrogen-bond donors (Lipinski definition) is 2. The van der Waals surface area contributed by atoms with Crippen LogP contribution in [0.25, 0.3) is 0 Å². The first-order valence-electron chi connectivity index (χ1n) is 7.42. The van der Waals surface area contributed by atoms with E-state index in [0.717, 1.165) is 23.1 Å². The predicted molar refractivity (Wildman–Crippen MR) is 79.1 cm³/mol. The molecule has 0 aromatic heterocycles. The van der Waals surface area contributed by atoms with Crippen LogP contribution in [-0.4, -0.2) is 53.3 Å². The Balaban J connectivity index is 1.86. The van der Waals surface area contributed by atoms with E-state index in [1.54, 1.807) is 0 Å². The number of halogens is 2. The Kier molecular flexibility index (Phi) is 3.90. The van der Waals surface area contributed by atoms with Gasteiger partial charge in [0.2, 0.25) is 0 Å². The number of benzene rings is 1. The highest BCUT2D eigenvalue weighted by Gasteiger charge is 2.51. The summed E-state index contributed by atoms with van der Waals surface area (Å²) >= 11 is 0. The number of rotatable bonds is 3. The lowest BCUT2D eigenvalue weighted by atomic mass is 9.91. The van der Waals surface area contributed by atoms with E-state index in [2.05, 4.69) is 10.6 Å². The Morgan fingerprint density at radius 3 is 2.60 bits per heavy atom. The number of nitrogens with zero attached hydrogens (tertiary/aromatic N) is 2. The van der Waals surface area contributed by atoms with Crippen LogP contribution in [0.4, 0.5) is 18.4 Å². The van der Waals surface area contributed by atoms with Crippen LogP contribution in [0.5, 0.6) is 0 Å². The zero-order valence-corrected chi connectivity index (χ0v) is 13.1. The van der Waals surface area contributed by atoms with Crippen LogP contribution in [0.3, 0.4) is 0 Å². The molecule has 25 heavy (non-hydrogen) atoms. The number of imide groups is 2. The van der Waals surface area contributed by atoms with Gasteiger partial charge >= 0.3 is 12.1 Å². The summed E-state index contributed by atoms with van der Waals surface area (Å²) in [6, 6.07) is 1.00. The molecule has 2 saturated heterocycles. The summed E-state index contributed by atoms with van der Waals surface area (Å²) in [6.07, 6.45) is 0. The molecule has 2 N–H and O–H groups in total. The number of urea groups is 2. The average Bonchev–Trinajstić information content (AvgIpc) is 3.07. The first kappa shape index (κ1) is 16.8. The Labute approximate surface area is 140 Å². The Bertz CT molecular complexity index is 800. The molecular weight excluding hydrogens is 338 g/mol. The fraction of sp³-hybridized carbons (Fsp3) is 0.333. The standard InChI is InChI=1S/C15H14F2N4O4/c1-15(9-6-8(16)2-3-10(9)17)12(23)21(14(25)19-15)7-11(22)20-5-4-18-13(20)24/h2-3,6H,4-5,7H2,1H3,(H,18,24)(H,19,25)/t15-/m0/s1. The molecule has 0 radical (unpaired) electrons. The van der Waals surface area contributed by atoms with Gasteiger partial charge in [0.15, 0.2) is 0 Å². The summed E-state index contributed by atoms with van der Waals surface area (Å²) in [5.74, 6) is -3.30. The number of hydrogen-bond acceptors (Lipinski definition) is 4. The van der Waals surface area contributed by atoms with Crippen molar-refractivity contribution in [1.82, 2.24) is 20.4 Å². The molecule has 0 unspecified atom stereocenters. The van der Waals surface area contributed by atoms with Crippen LogP contribution in [0.2, 0.25) is 0 Å². The fourth-order valence-electron chi connectivity index (χ4n) is 2.83. The van der Waals surface area contributed by atoms with Gasteiger partial charge in [0.25, 0.3) is 11.8 Å². The summed E-state index contributed by atoms with van der Waals surface area (Å²) in [5.41, 5.74) is -2.20. The van der Waals surface area contributed by atoms with Gasteiger partial charge in [-0.05, 0) is 25.1 Å². The van der Waals surface area contributed by atoms with Crippen molar-refractivity contribution < 1.29 is 28.0 Å². The van der Waals surface area contributed by atoms with Crippen molar-refractivity contribution in [3.05, 3.63) is 35.4 Å². The summed E-state index contributed by atoms with van der Waals surface area (Å²) in [6.45, 7) is 0.941. The fourth-order valence-corrected chi connectivity index (χ4v) is 2.83. The van der Waals surface area contributed by atoms with E-state index < -0.39 is 47.6 Å². The molecule has 2 heterocycles. The second-order valence-electron chi connectivity index (χ2n) is 5.85. The maximum absolute atomic E-state index is 14.0. The third-order valence-corrected chi connectivity index (χ3v) is 4.19. The molecule has 1 aromatic carbocycles. The number of amides is 6. The SMILES string of the molecule is C[C@@]1(c2cc(F)ccc2F)NC(=O)N(CC(=O)N2CCNC2=O)C1=O. The Hall–Kier alpha value is -3.04. The van der Waals surface area contributed by atoms with Gasteiger partial charge in [-0.2, -0.15) is 0 Å². The van der Waals surface area contributed by atoms with E-state index in [0.29, 0.717) is 4.90 Å². The zero-order chi connectivity index (χ0) is 18.4. The molecule has 2 fully saturated rings. The van der Waals surface area contributed by atoms with Crippen LogP contribution in [0, 0.1) is 11.6 Å². The maximum Gasteiger partial charge on any atom is 0.325 e. The van der Waals surface area contributed by atoms with Crippen molar-refractivity contribution in [3.8, 4) is 0 Å². The largest absolute Gasteiger partial charge is 0.336 e. The van der Waals surface area contributed by atoms with Crippen LogP contribution >= 0.6 is 0 Å². The van der Waals surface area contributed by atoms with Gasteiger partial charge in [-0.25, -0.2) is 18.4 Å². The minimum Gasteiger partial charge on any atom is -0.336 e. The van der Waals surface area contributed by atoms with Gasteiger partial charge in [0.05, 0.1) is 0 Å². The number of carbonyl (C=O) groups is 4. The molecule has 1 atom stereocenters. The van der Waals surface area contributed by atoms with Crippen molar-refractivity contribution in [1.29, 1.82) is 0 Å². The van der Waals surface area contributed by atoms with E-state index in [4.69, 9.17) is 0 Å². The highest BCUT2D eigenvalue weighted by Crippen LogP contribution is 2.31. The lowest BCUT2D eigenvalue weighted by Gasteiger charge is -2.23. The highest BCUT2D eigenvalue weighted by atomic mass is 19.1. The minimum atomic E-state index is -1.85. The zero-order valence-electron chi connectivity index (χ0n) is 13.1. The van der Waals surface area contributed by atoms with Gasteiger partial charge < -0.3 is 10.6 Å². The molecule has 0 aliphatic carbocycles. The second-order valence-corrected chi connectivity index (χ2v) is 5.85. The lowest BCUT2D eigenvalue weighted by molar-refractivity contribution is -0.137. The van der Waals surface area contributed by atoms with Crippen LogP contribution in [0.1, 0.15) is 12.5 Å². The first-order chi connectivity index (χ1) is 11.7. The van der Waals surface area contributed by atoms with Crippen LogP contribution in [-0.2, 0) is 15.1 Å². The number of carbonyl (C=O) groups excluding carboxylic acids is 4. The van der Waals surface area contributed by atoms with Crippen molar-refractivity contribution in [2.24, 2.45) is 0 Å². The van der Waals surface area contributed by atoms with Crippen molar-refractivity contribution in [2.45, 2.75) is 12.5 Å². The molecule has 2 aliphatic rings. The number of nitrogens with one attached hydrogen (secondary N) is 2. The van der Waals surface area contributed by atoms with Crippen molar-refractivity contribution in [2.75, 3.05) is 19.6 Å². The van der Waals surface area contributed by atoms with Gasteiger partial charge in [-0.3, -0.25) is 19.4 Å². The lowest BCUT2D eigenvalue weighted by Crippen LogP contribution is -2.45. The normalized spacial score (nSPS) is 23.1. The van der Waals surface area contributed by atoms with E-state index in [1.807, 2.05) is 0 Å². The minimum absolute atomic E-state index is 0.122. The first-order valence-corrected chi connectivity index (χ1v) is 7.42. The smallest absolute Gasteiger partial charge is 0.325 e. The topological polar surface area (TPSA) is 98.8 Å². The van der Waals surface area contributed by atoms with Gasteiger partial charge in [0.1, 0.15) is 23.7 Å². The van der Waals surface area contributed by atoms with Gasteiger partial charge in [0, 0.05) is 18.7 Å². The third kappa shape index (κ3) is 2.69. The van der Waals surface area contributed by atoms with Crippen molar-refractivity contribution in [3.63, 3.8) is 0 Å². The predicted octanol–water partition coefficient (Wildman–Crippen LogP) is 0.284. The molecule has 2 aliphatic heterocycles. The van der Waals surface area contributed by atoms with Gasteiger partial charge in [-0.1, -0.05) is 0 Å². The van der Waals surface area contributed by atoms with E-state index in [1.165, 1.54) is 6.92 Å². The molecule has 0 spiro atoms. The molecular formula is C15H14F2N4O4. The third-order valence-electron chi connectivity index (χ3n) is 4.19. The summed E-state index contributed by atoms with van der Waals surface area (Å²) in [7, 11) is 0. The summed E-state index contributed by atoms with van der Waals surface area (Å²) in [4.78, 5) is 49.8. The van der Waals surface area contributed by atoms with E-state index in [-0.39, 0.29) is 18.7 Å². The van der Waals surface area contributed by atoms with Crippen LogP contribution < -0.4 is 10.6 Å². The Morgan fingerprint density at radius 1 is 1.24 bits per heavy atom. The molecule has 3 rings (SSSR count). The average molecular weight is 352 g/mol. The van der Waals surface area contributed by atoms with Gasteiger partial charge in [-0.15, -0.1) is 0 Å². The van der Waals surface area contributed by atoms with Crippen molar-refractivity contribution >= 4 is 23.9 Å². The summed E-state index contributed by atoms with van der Waals surface area (Å²) < 4.78 is 27.5. The Morgan fingerprint density at radius 2 is 1.96 bits per heavy atom. The highest BCUT2D eigenvalue weighted by molar-refractivity contribution is 6.10. The monoisotopic (exact) mass is 352 g/mol. The second kappa shape index (κ2) is 5.80. The quantitative estimate of drug-likeness (QED) is 0.764. The molecule has 0 saturated carbocycles. The molecule has 132 valence electrons. The molecule has 8 nitrogen and oxygen atoms in total. The molecule has 0 bridgehead atoms. The maximum atomic E-state index is 14.0. The molecule has 6 amide bonds. The molecule has 10 heteroatoms.